The summed E-state index contributed by atoms with van der Waals surface area (Å²) in [6.07, 6.45) is 0.271. The van der Waals surface area contributed by atoms with Gasteiger partial charge in [0.25, 0.3) is 10.0 Å². The number of aryl methyl sites for hydroxylation is 3. The smallest absolute Gasteiger partial charge is 0.264 e. The van der Waals surface area contributed by atoms with Crippen LogP contribution in [0.3, 0.4) is 0 Å². The van der Waals surface area contributed by atoms with E-state index in [0.29, 0.717) is 11.3 Å². The molecule has 4 rings (SSSR count). The highest BCUT2D eigenvalue weighted by atomic mass is 32.2. The number of rotatable bonds is 11. The van der Waals surface area contributed by atoms with E-state index >= 15 is 0 Å². The van der Waals surface area contributed by atoms with Crippen LogP contribution in [0.25, 0.3) is 0 Å². The molecule has 1 atom stereocenters. The Morgan fingerprint density at radius 2 is 1.31 bits per heavy atom. The van der Waals surface area contributed by atoms with Gasteiger partial charge in [-0.3, -0.25) is 13.9 Å². The van der Waals surface area contributed by atoms with Crippen molar-refractivity contribution in [3.05, 3.63) is 131 Å². The Bertz CT molecular complexity index is 1620. The summed E-state index contributed by atoms with van der Waals surface area (Å²) in [5.74, 6) is -0.817. The highest BCUT2D eigenvalue weighted by molar-refractivity contribution is 7.92. The zero-order valence-electron chi connectivity index (χ0n) is 24.4. The number of anilines is 1. The van der Waals surface area contributed by atoms with Crippen molar-refractivity contribution in [1.82, 2.24) is 10.2 Å². The molecule has 1 N–H and O–H groups in total. The first-order valence-corrected chi connectivity index (χ1v) is 15.3. The van der Waals surface area contributed by atoms with E-state index in [1.165, 1.54) is 11.9 Å². The van der Waals surface area contributed by atoms with Crippen molar-refractivity contribution in [1.29, 1.82) is 0 Å². The number of sulfonamides is 1. The molecule has 7 nitrogen and oxygen atoms in total. The predicted octanol–water partition coefficient (Wildman–Crippen LogP) is 5.19. The molecule has 0 unspecified atom stereocenters. The summed E-state index contributed by atoms with van der Waals surface area (Å²) in [7, 11) is -2.59. The van der Waals surface area contributed by atoms with Gasteiger partial charge in [0, 0.05) is 20.0 Å². The molecule has 0 fully saturated rings. The zero-order chi connectivity index (χ0) is 30.3. The van der Waals surface area contributed by atoms with Gasteiger partial charge in [-0.05, 0) is 55.7 Å². The van der Waals surface area contributed by atoms with Crippen LogP contribution >= 0.6 is 0 Å². The molecule has 0 radical (unpaired) electrons. The number of para-hydroxylation sites is 1. The van der Waals surface area contributed by atoms with Crippen molar-refractivity contribution in [2.45, 2.75) is 44.7 Å². The van der Waals surface area contributed by atoms with Crippen molar-refractivity contribution in [2.75, 3.05) is 17.9 Å². The van der Waals surface area contributed by atoms with Crippen molar-refractivity contribution < 1.29 is 18.0 Å². The maximum atomic E-state index is 14.3. The molecule has 2 amide bonds. The van der Waals surface area contributed by atoms with Crippen LogP contribution in [-0.4, -0.2) is 44.8 Å². The summed E-state index contributed by atoms with van der Waals surface area (Å²) < 4.78 is 29.3. The van der Waals surface area contributed by atoms with Crippen LogP contribution in [0.1, 0.15) is 27.8 Å². The molecule has 0 aliphatic rings. The van der Waals surface area contributed by atoms with Crippen LogP contribution in [-0.2, 0) is 32.6 Å². The third kappa shape index (κ3) is 7.25. The lowest BCUT2D eigenvalue weighted by atomic mass is 10.0. The molecule has 0 spiro atoms. The lowest BCUT2D eigenvalue weighted by Gasteiger charge is -2.34. The largest absolute Gasteiger partial charge is 0.357 e. The van der Waals surface area contributed by atoms with E-state index in [9.17, 15) is 18.0 Å². The second-order valence-corrected chi connectivity index (χ2v) is 12.3. The lowest BCUT2D eigenvalue weighted by Crippen LogP contribution is -2.53. The van der Waals surface area contributed by atoms with E-state index in [4.69, 9.17) is 0 Å². The Hall–Kier alpha value is -4.43. The Morgan fingerprint density at radius 1 is 0.738 bits per heavy atom. The Kier molecular flexibility index (Phi) is 9.80. The van der Waals surface area contributed by atoms with Gasteiger partial charge in [0.05, 0.1) is 10.6 Å². The number of hydrogen-bond donors (Lipinski definition) is 1. The topological polar surface area (TPSA) is 86.8 Å². The average Bonchev–Trinajstić information content (AvgIpc) is 2.99. The predicted molar refractivity (Wildman–Crippen MR) is 167 cm³/mol. The number of hydrogen-bond acceptors (Lipinski definition) is 4. The van der Waals surface area contributed by atoms with Crippen LogP contribution in [0.2, 0.25) is 0 Å². The van der Waals surface area contributed by atoms with Crippen molar-refractivity contribution in [2.24, 2.45) is 0 Å². The normalized spacial score (nSPS) is 11.9. The minimum Gasteiger partial charge on any atom is -0.357 e. The standard InChI is InChI=1S/C34H37N3O4S/c1-25-14-18-29(19-15-25)23-36(32(34(39)35-4)22-28-11-6-5-7-12-28)33(38)24-37(31-13-9-8-10-27(31)3)42(40,41)30-20-16-26(2)17-21-30/h5-21,32H,22-24H2,1-4H3,(H,35,39)/t32-/m1/s1. The number of benzene rings is 4. The number of carbonyl (C=O) groups excluding carboxylic acids is 2. The summed E-state index contributed by atoms with van der Waals surface area (Å²) in [6.45, 7) is 5.33. The van der Waals surface area contributed by atoms with Gasteiger partial charge in [-0.25, -0.2) is 8.42 Å². The molecule has 0 aliphatic heterocycles. The van der Waals surface area contributed by atoms with Crippen molar-refractivity contribution in [3.63, 3.8) is 0 Å². The molecule has 0 bridgehead atoms. The summed E-state index contributed by atoms with van der Waals surface area (Å²) in [6, 6.07) is 30.0. The SMILES string of the molecule is CNC(=O)[C@@H](Cc1ccccc1)N(Cc1ccc(C)cc1)C(=O)CN(c1ccccc1C)S(=O)(=O)c1ccc(C)cc1. The number of amides is 2. The zero-order valence-corrected chi connectivity index (χ0v) is 25.3. The molecule has 0 saturated carbocycles. The third-order valence-corrected chi connectivity index (χ3v) is 9.04. The van der Waals surface area contributed by atoms with Gasteiger partial charge in [0.2, 0.25) is 11.8 Å². The van der Waals surface area contributed by atoms with E-state index in [0.717, 1.165) is 26.6 Å². The van der Waals surface area contributed by atoms with E-state index in [1.54, 1.807) is 36.4 Å². The Balaban J connectivity index is 1.79. The first kappa shape index (κ1) is 30.5. The van der Waals surface area contributed by atoms with Crippen LogP contribution in [0.5, 0.6) is 0 Å². The fourth-order valence-corrected chi connectivity index (χ4v) is 6.28. The molecule has 4 aromatic rings. The van der Waals surface area contributed by atoms with E-state index < -0.39 is 28.5 Å². The minimum atomic E-state index is -4.13. The molecule has 8 heteroatoms. The maximum absolute atomic E-state index is 14.3. The second-order valence-electron chi connectivity index (χ2n) is 10.4. The van der Waals surface area contributed by atoms with Gasteiger partial charge in [0.1, 0.15) is 12.6 Å². The average molecular weight is 584 g/mol. The summed E-state index contributed by atoms with van der Waals surface area (Å²) in [5.41, 5.74) is 4.82. The highest BCUT2D eigenvalue weighted by Gasteiger charge is 2.34. The fourth-order valence-electron chi connectivity index (χ4n) is 4.80. The minimum absolute atomic E-state index is 0.0846. The molecule has 42 heavy (non-hydrogen) atoms. The molecule has 0 aromatic heterocycles. The molecule has 0 heterocycles. The van der Waals surface area contributed by atoms with Gasteiger partial charge in [-0.1, -0.05) is 96.1 Å². The number of carbonyl (C=O) groups is 2. The summed E-state index contributed by atoms with van der Waals surface area (Å²) in [4.78, 5) is 29.2. The van der Waals surface area contributed by atoms with Crippen LogP contribution in [0, 0.1) is 20.8 Å². The summed E-state index contributed by atoms with van der Waals surface area (Å²) in [5, 5.41) is 2.71. The van der Waals surface area contributed by atoms with Crippen LogP contribution in [0.4, 0.5) is 5.69 Å². The summed E-state index contributed by atoms with van der Waals surface area (Å²) >= 11 is 0. The van der Waals surface area contributed by atoms with E-state index in [2.05, 4.69) is 5.32 Å². The molecule has 0 saturated heterocycles. The van der Waals surface area contributed by atoms with Crippen molar-refractivity contribution in [3.8, 4) is 0 Å². The third-order valence-electron chi connectivity index (χ3n) is 7.26. The van der Waals surface area contributed by atoms with Gasteiger partial charge in [-0.15, -0.1) is 0 Å². The quantitative estimate of drug-likeness (QED) is 0.263. The van der Waals surface area contributed by atoms with E-state index in [1.807, 2.05) is 87.5 Å². The number of nitrogens with zero attached hydrogens (tertiary/aromatic N) is 2. The fraction of sp³-hybridized carbons (Fsp3) is 0.235. The Labute approximate surface area is 248 Å². The lowest BCUT2D eigenvalue weighted by molar-refractivity contribution is -0.139. The number of likely N-dealkylation sites (N-methyl/N-ethyl adjacent to an activating group) is 1. The molecular weight excluding hydrogens is 546 g/mol. The molecule has 218 valence electrons. The first-order chi connectivity index (χ1) is 20.1. The monoisotopic (exact) mass is 583 g/mol. The molecule has 4 aromatic carbocycles. The highest BCUT2D eigenvalue weighted by Crippen LogP contribution is 2.28. The maximum Gasteiger partial charge on any atom is 0.264 e. The Morgan fingerprint density at radius 3 is 1.90 bits per heavy atom. The first-order valence-electron chi connectivity index (χ1n) is 13.9. The van der Waals surface area contributed by atoms with E-state index in [-0.39, 0.29) is 23.8 Å². The van der Waals surface area contributed by atoms with Gasteiger partial charge in [0.15, 0.2) is 0 Å². The molecular formula is C34H37N3O4S. The molecule has 0 aliphatic carbocycles. The van der Waals surface area contributed by atoms with Crippen LogP contribution < -0.4 is 9.62 Å². The van der Waals surface area contributed by atoms with Gasteiger partial charge >= 0.3 is 0 Å². The van der Waals surface area contributed by atoms with Crippen LogP contribution in [0.15, 0.2) is 108 Å². The van der Waals surface area contributed by atoms with Gasteiger partial charge in [-0.2, -0.15) is 0 Å². The van der Waals surface area contributed by atoms with Crippen molar-refractivity contribution >= 4 is 27.5 Å². The number of nitrogens with one attached hydrogen (secondary N) is 1. The van der Waals surface area contributed by atoms with Gasteiger partial charge < -0.3 is 10.2 Å². The second kappa shape index (κ2) is 13.5.